The van der Waals surface area contributed by atoms with Crippen LogP contribution in [0.15, 0.2) is 47.1 Å². The minimum absolute atomic E-state index is 0.0355. The van der Waals surface area contributed by atoms with E-state index in [9.17, 15) is 9.90 Å². The highest BCUT2D eigenvalue weighted by atomic mass is 79.9. The average molecular weight is 375 g/mol. The van der Waals surface area contributed by atoms with Crippen LogP contribution in [0.4, 0.5) is 5.69 Å². The Bertz CT molecular complexity index is 802. The molecule has 2 aromatic carbocycles. The lowest BCUT2D eigenvalue weighted by molar-refractivity contribution is -0.116. The van der Waals surface area contributed by atoms with Gasteiger partial charge in [-0.3, -0.25) is 4.79 Å². The van der Waals surface area contributed by atoms with Gasteiger partial charge in [-0.15, -0.1) is 0 Å². The molecule has 3 N–H and O–H groups in total. The van der Waals surface area contributed by atoms with E-state index in [1.807, 2.05) is 18.2 Å². The largest absolute Gasteiger partial charge is 0.504 e. The number of hydrogen-bond acceptors (Lipinski definition) is 4. The number of benzene rings is 2. The number of rotatable bonds is 3. The van der Waals surface area contributed by atoms with Crippen molar-refractivity contribution in [1.82, 2.24) is 5.32 Å². The maximum absolute atomic E-state index is 12.1. The van der Waals surface area contributed by atoms with Crippen LogP contribution < -0.4 is 15.4 Å². The molecular formula is C17H15BrN2O3. The lowest BCUT2D eigenvalue weighted by Crippen LogP contribution is -2.29. The topological polar surface area (TPSA) is 70.6 Å². The Balaban J connectivity index is 1.90. The van der Waals surface area contributed by atoms with Crippen LogP contribution in [0.3, 0.4) is 0 Å². The first-order chi connectivity index (χ1) is 11.1. The van der Waals surface area contributed by atoms with E-state index in [2.05, 4.69) is 26.6 Å². The summed E-state index contributed by atoms with van der Waals surface area (Å²) in [7, 11) is 1.49. The van der Waals surface area contributed by atoms with Crippen LogP contribution in [-0.2, 0) is 11.3 Å². The van der Waals surface area contributed by atoms with Gasteiger partial charge in [0.25, 0.3) is 5.91 Å². The fraction of sp³-hybridized carbons (Fsp3) is 0.118. The Morgan fingerprint density at radius 3 is 2.87 bits per heavy atom. The molecular weight excluding hydrogens is 360 g/mol. The molecule has 1 aliphatic heterocycles. The van der Waals surface area contributed by atoms with Gasteiger partial charge in [-0.2, -0.15) is 0 Å². The van der Waals surface area contributed by atoms with Gasteiger partial charge in [0, 0.05) is 29.0 Å². The average Bonchev–Trinajstić information content (AvgIpc) is 2.54. The van der Waals surface area contributed by atoms with E-state index in [-0.39, 0.29) is 11.7 Å². The Kier molecular flexibility index (Phi) is 4.25. The number of amides is 1. The smallest absolute Gasteiger partial charge is 0.253 e. The van der Waals surface area contributed by atoms with E-state index in [1.165, 1.54) is 7.11 Å². The van der Waals surface area contributed by atoms with Gasteiger partial charge in [0.15, 0.2) is 11.5 Å². The molecule has 0 spiro atoms. The Morgan fingerprint density at radius 1 is 1.30 bits per heavy atom. The molecule has 5 nitrogen and oxygen atoms in total. The summed E-state index contributed by atoms with van der Waals surface area (Å²) in [5.41, 5.74) is 3.15. The number of carbonyl (C=O) groups excluding carboxylic acids is 1. The summed E-state index contributed by atoms with van der Waals surface area (Å²) in [4.78, 5) is 12.1. The molecule has 0 saturated heterocycles. The van der Waals surface area contributed by atoms with E-state index in [4.69, 9.17) is 4.74 Å². The minimum atomic E-state index is -0.134. The lowest BCUT2D eigenvalue weighted by Gasteiger charge is -2.20. The van der Waals surface area contributed by atoms with Crippen LogP contribution in [0.1, 0.15) is 11.1 Å². The fourth-order valence-corrected chi connectivity index (χ4v) is 2.85. The summed E-state index contributed by atoms with van der Waals surface area (Å²) in [6.45, 7) is 0.508. The number of phenols is 1. The molecule has 0 bridgehead atoms. The lowest BCUT2D eigenvalue weighted by atomic mass is 9.96. The van der Waals surface area contributed by atoms with Gasteiger partial charge in [0.05, 0.1) is 12.7 Å². The number of anilines is 1. The third-order valence-corrected chi connectivity index (χ3v) is 4.10. The summed E-state index contributed by atoms with van der Waals surface area (Å²) in [6.07, 6.45) is 1.64. The molecule has 0 aromatic heterocycles. The Hall–Kier alpha value is -2.47. The molecule has 0 radical (unpaired) electrons. The van der Waals surface area contributed by atoms with Crippen molar-refractivity contribution in [2.24, 2.45) is 0 Å². The molecule has 0 fully saturated rings. The van der Waals surface area contributed by atoms with Crippen molar-refractivity contribution in [3.8, 4) is 11.5 Å². The van der Waals surface area contributed by atoms with Crippen molar-refractivity contribution < 1.29 is 14.6 Å². The molecule has 0 unspecified atom stereocenters. The molecule has 6 heteroatoms. The van der Waals surface area contributed by atoms with Gasteiger partial charge in [-0.1, -0.05) is 22.0 Å². The molecule has 1 heterocycles. The van der Waals surface area contributed by atoms with E-state index in [1.54, 1.807) is 24.4 Å². The van der Waals surface area contributed by atoms with E-state index >= 15 is 0 Å². The van der Waals surface area contributed by atoms with Crippen molar-refractivity contribution in [3.63, 3.8) is 0 Å². The van der Waals surface area contributed by atoms with Gasteiger partial charge in [0.1, 0.15) is 0 Å². The molecule has 118 valence electrons. The summed E-state index contributed by atoms with van der Waals surface area (Å²) in [6, 6.07) is 10.8. The highest BCUT2D eigenvalue weighted by Crippen LogP contribution is 2.30. The number of nitrogens with one attached hydrogen (secondary N) is 2. The number of phenolic OH excluding ortho intramolecular Hbond substituents is 1. The van der Waals surface area contributed by atoms with Crippen molar-refractivity contribution in [2.45, 2.75) is 6.54 Å². The zero-order valence-electron chi connectivity index (χ0n) is 12.4. The summed E-state index contributed by atoms with van der Waals surface area (Å²) in [5, 5.41) is 15.7. The van der Waals surface area contributed by atoms with Crippen molar-refractivity contribution in [3.05, 3.63) is 58.2 Å². The van der Waals surface area contributed by atoms with Crippen molar-refractivity contribution in [2.75, 3.05) is 12.4 Å². The molecule has 0 saturated carbocycles. The molecule has 2 aromatic rings. The monoisotopic (exact) mass is 374 g/mol. The standard InChI is InChI=1S/C17H15BrN2O3/c1-23-16-5-3-12(7-15(16)21)19-9-14-13-4-2-11(18)6-10(13)8-20-17(14)22/h2-7,9,19,21H,8H2,1H3,(H,20,22). The number of aromatic hydroxyl groups is 1. The van der Waals surface area contributed by atoms with Crippen molar-refractivity contribution >= 4 is 33.1 Å². The number of carbonyl (C=O) groups is 1. The van der Waals surface area contributed by atoms with Crippen LogP contribution in [-0.4, -0.2) is 18.1 Å². The van der Waals surface area contributed by atoms with Crippen LogP contribution in [0.2, 0.25) is 0 Å². The third-order valence-electron chi connectivity index (χ3n) is 3.60. The number of ether oxygens (including phenoxy) is 1. The fourth-order valence-electron chi connectivity index (χ4n) is 2.44. The van der Waals surface area contributed by atoms with E-state index in [0.29, 0.717) is 23.6 Å². The predicted octanol–water partition coefficient (Wildman–Crippen LogP) is 3.25. The number of methoxy groups -OCH3 is 1. The third kappa shape index (κ3) is 3.17. The first-order valence-electron chi connectivity index (χ1n) is 6.99. The molecule has 1 aliphatic rings. The van der Waals surface area contributed by atoms with E-state index in [0.717, 1.165) is 15.6 Å². The SMILES string of the molecule is COc1ccc(NC=C2C(=O)NCc3cc(Br)ccc32)cc1O. The minimum Gasteiger partial charge on any atom is -0.504 e. The molecule has 0 atom stereocenters. The van der Waals surface area contributed by atoms with Gasteiger partial charge in [-0.25, -0.2) is 0 Å². The normalized spacial score (nSPS) is 15.0. The van der Waals surface area contributed by atoms with Crippen LogP contribution in [0.5, 0.6) is 11.5 Å². The second-order valence-electron chi connectivity index (χ2n) is 5.07. The molecule has 0 aliphatic carbocycles. The highest BCUT2D eigenvalue weighted by Gasteiger charge is 2.21. The second-order valence-corrected chi connectivity index (χ2v) is 5.99. The highest BCUT2D eigenvalue weighted by molar-refractivity contribution is 9.10. The van der Waals surface area contributed by atoms with Gasteiger partial charge in [0.2, 0.25) is 0 Å². The summed E-state index contributed by atoms with van der Waals surface area (Å²) < 4.78 is 5.98. The van der Waals surface area contributed by atoms with Crippen LogP contribution >= 0.6 is 15.9 Å². The summed E-state index contributed by atoms with van der Waals surface area (Å²) >= 11 is 3.44. The Morgan fingerprint density at radius 2 is 2.13 bits per heavy atom. The Labute approximate surface area is 142 Å². The van der Waals surface area contributed by atoms with E-state index < -0.39 is 0 Å². The predicted molar refractivity (Wildman–Crippen MR) is 92.2 cm³/mol. The molecule has 1 amide bonds. The number of halogens is 1. The molecule has 23 heavy (non-hydrogen) atoms. The summed E-state index contributed by atoms with van der Waals surface area (Å²) in [5.74, 6) is 0.298. The quantitative estimate of drug-likeness (QED) is 0.721. The zero-order chi connectivity index (χ0) is 16.4. The van der Waals surface area contributed by atoms with Gasteiger partial charge in [-0.05, 0) is 35.4 Å². The molecule has 3 rings (SSSR count). The first kappa shape index (κ1) is 15.4. The zero-order valence-corrected chi connectivity index (χ0v) is 14.0. The number of fused-ring (bicyclic) bond motifs is 1. The maximum Gasteiger partial charge on any atom is 0.253 e. The first-order valence-corrected chi connectivity index (χ1v) is 7.78. The van der Waals surface area contributed by atoms with Crippen molar-refractivity contribution in [1.29, 1.82) is 0 Å². The van der Waals surface area contributed by atoms with Crippen LogP contribution in [0, 0.1) is 0 Å². The van der Waals surface area contributed by atoms with Gasteiger partial charge < -0.3 is 20.5 Å². The number of hydrogen-bond donors (Lipinski definition) is 3. The van der Waals surface area contributed by atoms with Crippen LogP contribution in [0.25, 0.3) is 5.57 Å². The van der Waals surface area contributed by atoms with Gasteiger partial charge >= 0.3 is 0 Å². The second kappa shape index (κ2) is 6.34. The maximum atomic E-state index is 12.1.